The van der Waals surface area contributed by atoms with Gasteiger partial charge < -0.3 is 15.6 Å². The molecule has 2 aliphatic carbocycles. The van der Waals surface area contributed by atoms with Gasteiger partial charge in [-0.25, -0.2) is 0 Å². The second-order valence-corrected chi connectivity index (χ2v) is 10.7. The fourth-order valence-corrected chi connectivity index (χ4v) is 6.38. The van der Waals surface area contributed by atoms with E-state index in [4.69, 9.17) is 10.5 Å². The van der Waals surface area contributed by atoms with Crippen LogP contribution in [0.5, 0.6) is 0 Å². The normalized spacial score (nSPS) is 31.9. The zero-order valence-electron chi connectivity index (χ0n) is 21.8. The number of hydrogen-bond donors (Lipinski definition) is 3. The highest BCUT2D eigenvalue weighted by atomic mass is 16.5. The lowest BCUT2D eigenvalue weighted by atomic mass is 9.55. The van der Waals surface area contributed by atoms with E-state index in [1.54, 1.807) is 18.2 Å². The molecule has 1 saturated carbocycles. The summed E-state index contributed by atoms with van der Waals surface area (Å²) in [5, 5.41) is 14.0. The standard InChI is InChI=1S/C28H38N2O7/c1-5-7-8-9-17(6-2)21-22(26(34)30-25(21)33)24(32)20-15(3)10-11-28(36)13-18(12-16(4)23(20)28)27(35)37-14-19(29)31/h6,10-11,15-18,20,23,36H,2,5,7-9,12-14H2,1,3-4H3,(H2,29,31)(H,30,33,34). The van der Waals surface area contributed by atoms with Gasteiger partial charge in [-0.1, -0.05) is 58.3 Å². The molecule has 3 aliphatic rings. The first-order chi connectivity index (χ1) is 17.4. The van der Waals surface area contributed by atoms with Crippen molar-refractivity contribution in [3.8, 4) is 0 Å². The smallest absolute Gasteiger partial charge is 0.309 e. The fourth-order valence-electron chi connectivity index (χ4n) is 6.38. The van der Waals surface area contributed by atoms with E-state index in [1.165, 1.54) is 0 Å². The van der Waals surface area contributed by atoms with Gasteiger partial charge >= 0.3 is 5.97 Å². The maximum absolute atomic E-state index is 14.1. The summed E-state index contributed by atoms with van der Waals surface area (Å²) in [6.45, 7) is 9.07. The largest absolute Gasteiger partial charge is 0.455 e. The number of unbranched alkanes of at least 4 members (excludes halogenated alkanes) is 2. The Morgan fingerprint density at radius 3 is 2.59 bits per heavy atom. The van der Waals surface area contributed by atoms with E-state index >= 15 is 0 Å². The Bertz CT molecular complexity index is 1050. The summed E-state index contributed by atoms with van der Waals surface area (Å²) >= 11 is 0. The Morgan fingerprint density at radius 2 is 1.97 bits per heavy atom. The van der Waals surface area contributed by atoms with Crippen LogP contribution >= 0.6 is 0 Å². The van der Waals surface area contributed by atoms with E-state index < -0.39 is 65.4 Å². The number of Topliss-reactive ketones (excluding diaryl/α,β-unsaturated/α-hetero) is 1. The molecule has 0 aromatic rings. The van der Waals surface area contributed by atoms with Crippen molar-refractivity contribution in [1.29, 1.82) is 0 Å². The van der Waals surface area contributed by atoms with Crippen LogP contribution in [-0.2, 0) is 28.7 Å². The predicted octanol–water partition coefficient (Wildman–Crippen LogP) is 2.13. The molecule has 3 amide bonds. The molecule has 37 heavy (non-hydrogen) atoms. The third kappa shape index (κ3) is 5.76. The van der Waals surface area contributed by atoms with E-state index in [1.807, 2.05) is 13.8 Å². The average Bonchev–Trinajstić information content (AvgIpc) is 3.13. The fraction of sp³-hybridized carbons (Fsp3) is 0.607. The van der Waals surface area contributed by atoms with Gasteiger partial charge in [-0.3, -0.25) is 29.3 Å². The van der Waals surface area contributed by atoms with Crippen molar-refractivity contribution in [2.24, 2.45) is 41.2 Å². The van der Waals surface area contributed by atoms with Crippen molar-refractivity contribution in [3.63, 3.8) is 0 Å². The summed E-state index contributed by atoms with van der Waals surface area (Å²) in [5.41, 5.74) is 3.58. The Morgan fingerprint density at radius 1 is 1.27 bits per heavy atom. The van der Waals surface area contributed by atoms with Gasteiger partial charge in [0.05, 0.1) is 17.1 Å². The van der Waals surface area contributed by atoms with Crippen molar-refractivity contribution in [3.05, 3.63) is 36.0 Å². The summed E-state index contributed by atoms with van der Waals surface area (Å²) in [4.78, 5) is 63.3. The van der Waals surface area contributed by atoms with Crippen molar-refractivity contribution in [1.82, 2.24) is 5.32 Å². The van der Waals surface area contributed by atoms with Crippen LogP contribution in [0.2, 0.25) is 0 Å². The maximum Gasteiger partial charge on any atom is 0.309 e. The van der Waals surface area contributed by atoms with E-state index in [9.17, 15) is 29.1 Å². The van der Waals surface area contributed by atoms with Gasteiger partial charge in [0.1, 0.15) is 0 Å². The molecular weight excluding hydrogens is 476 g/mol. The number of aliphatic hydroxyl groups is 1. The summed E-state index contributed by atoms with van der Waals surface area (Å²) in [7, 11) is 0. The van der Waals surface area contributed by atoms with Crippen molar-refractivity contribution < 1.29 is 33.8 Å². The molecule has 9 nitrogen and oxygen atoms in total. The second kappa shape index (κ2) is 11.5. The molecule has 0 aromatic heterocycles. The lowest BCUT2D eigenvalue weighted by Gasteiger charge is -2.51. The zero-order chi connectivity index (χ0) is 27.5. The lowest BCUT2D eigenvalue weighted by molar-refractivity contribution is -0.162. The number of ketones is 1. The molecule has 3 rings (SSSR count). The first-order valence-electron chi connectivity index (χ1n) is 13.1. The van der Waals surface area contributed by atoms with E-state index in [2.05, 4.69) is 18.8 Å². The number of allylic oxidation sites excluding steroid dienone is 2. The molecule has 4 N–H and O–H groups in total. The van der Waals surface area contributed by atoms with Crippen LogP contribution in [0.4, 0.5) is 0 Å². The number of imide groups is 1. The maximum atomic E-state index is 14.1. The third-order valence-corrected chi connectivity index (χ3v) is 8.04. The van der Waals surface area contributed by atoms with Crippen molar-refractivity contribution in [2.75, 3.05) is 6.61 Å². The molecule has 0 aromatic carbocycles. The van der Waals surface area contributed by atoms with Crippen LogP contribution in [0.1, 0.15) is 59.3 Å². The van der Waals surface area contributed by atoms with Crippen LogP contribution in [0, 0.1) is 35.5 Å². The van der Waals surface area contributed by atoms with Gasteiger partial charge in [-0.2, -0.15) is 0 Å². The summed E-state index contributed by atoms with van der Waals surface area (Å²) < 4.78 is 4.99. The van der Waals surface area contributed by atoms with Crippen LogP contribution < -0.4 is 11.1 Å². The lowest BCUT2D eigenvalue weighted by Crippen LogP contribution is -2.56. The molecule has 0 saturated heterocycles. The number of rotatable bonds is 11. The number of carbonyl (C=O) groups excluding carboxylic acids is 5. The van der Waals surface area contributed by atoms with Gasteiger partial charge in [0.15, 0.2) is 12.4 Å². The number of nitrogens with two attached hydrogens (primary N) is 1. The molecular formula is C28H38N2O7. The van der Waals surface area contributed by atoms with Gasteiger partial charge in [-0.05, 0) is 31.1 Å². The molecule has 0 bridgehead atoms. The van der Waals surface area contributed by atoms with Gasteiger partial charge in [0.2, 0.25) is 0 Å². The molecule has 1 heterocycles. The quantitative estimate of drug-likeness (QED) is 0.126. The SMILES string of the molecule is C=CC(CCCCC)C1=C(C(=O)C2C(C)C=CC3(O)CC(C(=O)OCC(N)=O)CC(C)C23)C(=O)NC1=O. The number of primary amides is 1. The Balaban J connectivity index is 1.95. The number of hydrogen-bond acceptors (Lipinski definition) is 7. The third-order valence-electron chi connectivity index (χ3n) is 8.04. The Labute approximate surface area is 217 Å². The minimum Gasteiger partial charge on any atom is -0.455 e. The molecule has 1 aliphatic heterocycles. The number of nitrogens with one attached hydrogen (secondary N) is 1. The van der Waals surface area contributed by atoms with E-state index in [-0.39, 0.29) is 29.4 Å². The number of fused-ring (bicyclic) bond motifs is 1. The zero-order valence-corrected chi connectivity index (χ0v) is 21.8. The van der Waals surface area contributed by atoms with E-state index in [0.717, 1.165) is 19.3 Å². The Kier molecular flexibility index (Phi) is 8.89. The molecule has 1 fully saturated rings. The van der Waals surface area contributed by atoms with Crippen LogP contribution in [-0.4, -0.2) is 46.8 Å². The summed E-state index contributed by atoms with van der Waals surface area (Å²) in [6.07, 6.45) is 8.68. The predicted molar refractivity (Wildman–Crippen MR) is 135 cm³/mol. The number of esters is 1. The highest BCUT2D eigenvalue weighted by Crippen LogP contribution is 2.51. The van der Waals surface area contributed by atoms with Crippen molar-refractivity contribution in [2.45, 2.75) is 64.9 Å². The van der Waals surface area contributed by atoms with Crippen LogP contribution in [0.25, 0.3) is 0 Å². The van der Waals surface area contributed by atoms with Crippen LogP contribution in [0.3, 0.4) is 0 Å². The van der Waals surface area contributed by atoms with Crippen LogP contribution in [0.15, 0.2) is 36.0 Å². The number of carbonyl (C=O) groups is 5. The van der Waals surface area contributed by atoms with E-state index in [0.29, 0.717) is 12.8 Å². The minimum atomic E-state index is -1.50. The monoisotopic (exact) mass is 514 g/mol. The minimum absolute atomic E-state index is 0.00986. The van der Waals surface area contributed by atoms with Crippen molar-refractivity contribution >= 4 is 29.5 Å². The summed E-state index contributed by atoms with van der Waals surface area (Å²) in [6, 6.07) is 0. The Hall–Kier alpha value is -3.07. The first-order valence-corrected chi connectivity index (χ1v) is 13.1. The first kappa shape index (κ1) is 28.5. The molecule has 7 atom stereocenters. The molecule has 7 unspecified atom stereocenters. The molecule has 0 spiro atoms. The number of amides is 3. The molecule has 9 heteroatoms. The number of ether oxygens (including phenoxy) is 1. The summed E-state index contributed by atoms with van der Waals surface area (Å²) in [5.74, 6) is -6.22. The van der Waals surface area contributed by atoms with Gasteiger partial charge in [0.25, 0.3) is 17.7 Å². The van der Waals surface area contributed by atoms with Gasteiger partial charge in [0, 0.05) is 23.3 Å². The highest BCUT2D eigenvalue weighted by Gasteiger charge is 2.56. The van der Waals surface area contributed by atoms with Gasteiger partial charge in [-0.15, -0.1) is 6.58 Å². The topological polar surface area (TPSA) is 153 Å². The highest BCUT2D eigenvalue weighted by molar-refractivity contribution is 6.33. The second-order valence-electron chi connectivity index (χ2n) is 10.7. The molecule has 202 valence electrons. The molecule has 0 radical (unpaired) electrons. The average molecular weight is 515 g/mol.